The van der Waals surface area contributed by atoms with Crippen LogP contribution in [0.1, 0.15) is 22.5 Å². The molecule has 29 heavy (non-hydrogen) atoms. The maximum atomic E-state index is 12.9. The molecule has 0 spiro atoms. The van der Waals surface area contributed by atoms with Gasteiger partial charge >= 0.3 is 0 Å². The van der Waals surface area contributed by atoms with E-state index in [4.69, 9.17) is 19.4 Å². The highest BCUT2D eigenvalue weighted by Gasteiger charge is 2.24. The van der Waals surface area contributed by atoms with Gasteiger partial charge in [-0.05, 0) is 31.5 Å². The fourth-order valence-corrected chi connectivity index (χ4v) is 2.94. The van der Waals surface area contributed by atoms with Gasteiger partial charge in [-0.3, -0.25) is 9.59 Å². The van der Waals surface area contributed by atoms with E-state index in [9.17, 15) is 4.79 Å². The van der Waals surface area contributed by atoms with Crippen LogP contribution in [0.2, 0.25) is 0 Å². The molecule has 1 fully saturated rings. The summed E-state index contributed by atoms with van der Waals surface area (Å²) in [5.74, 6) is 1.45. The third-order valence-corrected chi connectivity index (χ3v) is 4.36. The first-order chi connectivity index (χ1) is 14.0. The van der Waals surface area contributed by atoms with Crippen LogP contribution in [0.25, 0.3) is 0 Å². The summed E-state index contributed by atoms with van der Waals surface area (Å²) < 4.78 is 10.4. The van der Waals surface area contributed by atoms with E-state index in [0.717, 1.165) is 24.5 Å². The van der Waals surface area contributed by atoms with E-state index in [0.29, 0.717) is 31.1 Å². The second-order valence-electron chi connectivity index (χ2n) is 6.18. The molecule has 1 amide bonds. The molecule has 0 radical (unpaired) electrons. The molecule has 0 aromatic carbocycles. The average molecular weight is 403 g/mol. The number of amides is 1. The Morgan fingerprint density at radius 1 is 1.07 bits per heavy atom. The van der Waals surface area contributed by atoms with Gasteiger partial charge in [-0.2, -0.15) is 10.1 Å². The lowest BCUT2D eigenvalue weighted by molar-refractivity contribution is -0.122. The van der Waals surface area contributed by atoms with Crippen molar-refractivity contribution in [2.45, 2.75) is 13.3 Å². The number of carbonyl (C=O) groups excluding carboxylic acids is 1. The molecule has 1 aliphatic rings. The molecule has 156 valence electrons. The largest absolute Gasteiger partial charge is 0.483 e. The van der Waals surface area contributed by atoms with E-state index in [2.05, 4.69) is 20.1 Å². The van der Waals surface area contributed by atoms with Crippen molar-refractivity contribution in [2.24, 2.45) is 0 Å². The number of pyridine rings is 1. The summed E-state index contributed by atoms with van der Waals surface area (Å²) in [5.41, 5.74) is 1.33. The first-order valence-corrected chi connectivity index (χ1v) is 9.05. The van der Waals surface area contributed by atoms with Crippen LogP contribution in [0.3, 0.4) is 0 Å². The number of aryl methyl sites for hydroxylation is 1. The highest BCUT2D eigenvalue weighted by molar-refractivity contribution is 5.96. The molecule has 0 saturated carbocycles. The second-order valence-corrected chi connectivity index (χ2v) is 6.18. The minimum absolute atomic E-state index is 0.0890. The summed E-state index contributed by atoms with van der Waals surface area (Å²) in [6.07, 6.45) is 0.854. The van der Waals surface area contributed by atoms with Crippen molar-refractivity contribution in [3.05, 3.63) is 35.5 Å². The molecule has 2 aromatic heterocycles. The fraction of sp³-hybridized carbons (Fsp3) is 0.421. The minimum atomic E-state index is -0.250. The molecule has 0 aliphatic carbocycles. The van der Waals surface area contributed by atoms with E-state index in [1.54, 1.807) is 12.1 Å². The molecule has 10 nitrogen and oxygen atoms in total. The zero-order valence-electron chi connectivity index (χ0n) is 16.7. The quantitative estimate of drug-likeness (QED) is 0.752. The van der Waals surface area contributed by atoms with Crippen LogP contribution in [-0.4, -0.2) is 78.0 Å². The smallest absolute Gasteiger partial charge is 0.290 e. The lowest BCUT2D eigenvalue weighted by Crippen LogP contribution is -2.35. The number of nitrogens with zero attached hydrogens (tertiary/aromatic N) is 5. The monoisotopic (exact) mass is 403 g/mol. The number of carboxylic acid groups (broad SMARTS) is 1. The topological polar surface area (TPSA) is 118 Å². The van der Waals surface area contributed by atoms with Crippen molar-refractivity contribution >= 4 is 18.2 Å². The normalized spacial score (nSPS) is 13.6. The number of ether oxygens (including phenoxy) is 2. The van der Waals surface area contributed by atoms with Gasteiger partial charge in [-0.25, -0.2) is 0 Å². The summed E-state index contributed by atoms with van der Waals surface area (Å²) in [6.45, 7) is 4.47. The highest BCUT2D eigenvalue weighted by atomic mass is 16.5. The van der Waals surface area contributed by atoms with Crippen molar-refractivity contribution in [3.8, 4) is 11.8 Å². The van der Waals surface area contributed by atoms with Crippen molar-refractivity contribution in [3.63, 3.8) is 0 Å². The molecule has 3 rings (SSSR count). The number of aromatic nitrogens is 3. The van der Waals surface area contributed by atoms with Crippen LogP contribution in [0.15, 0.2) is 24.3 Å². The van der Waals surface area contributed by atoms with Gasteiger partial charge in [-0.15, -0.1) is 5.10 Å². The van der Waals surface area contributed by atoms with Gasteiger partial charge < -0.3 is 24.4 Å². The van der Waals surface area contributed by atoms with Crippen LogP contribution in [0.5, 0.6) is 11.8 Å². The van der Waals surface area contributed by atoms with Crippen molar-refractivity contribution in [1.82, 2.24) is 20.1 Å². The Bertz CT molecular complexity index is 815. The number of carbonyl (C=O) groups is 2. The Hall–Kier alpha value is -3.43. The minimum Gasteiger partial charge on any atom is -0.483 e. The number of rotatable bonds is 4. The van der Waals surface area contributed by atoms with E-state index in [-0.39, 0.29) is 18.3 Å². The SMILES string of the molecule is COc1ccc(C(=O)N2CCCN(c3ccc(C)nn3)CC2)c(OC)n1.O=CO. The number of hydrogen-bond donors (Lipinski definition) is 1. The molecule has 10 heteroatoms. The predicted molar refractivity (Wildman–Crippen MR) is 106 cm³/mol. The highest BCUT2D eigenvalue weighted by Crippen LogP contribution is 2.22. The molecule has 1 aliphatic heterocycles. The van der Waals surface area contributed by atoms with Gasteiger partial charge in [0.05, 0.1) is 19.9 Å². The molecule has 1 N–H and O–H groups in total. The van der Waals surface area contributed by atoms with Crippen LogP contribution in [0, 0.1) is 6.92 Å². The number of methoxy groups -OCH3 is 2. The third-order valence-electron chi connectivity index (χ3n) is 4.36. The van der Waals surface area contributed by atoms with Gasteiger partial charge in [0.25, 0.3) is 12.4 Å². The van der Waals surface area contributed by atoms with Crippen molar-refractivity contribution in [1.29, 1.82) is 0 Å². The summed E-state index contributed by atoms with van der Waals surface area (Å²) >= 11 is 0. The van der Waals surface area contributed by atoms with Crippen LogP contribution >= 0.6 is 0 Å². The Balaban J connectivity index is 0.000000941. The molecule has 3 heterocycles. The van der Waals surface area contributed by atoms with E-state index in [1.165, 1.54) is 14.2 Å². The van der Waals surface area contributed by atoms with Gasteiger partial charge in [0.2, 0.25) is 11.8 Å². The third kappa shape index (κ3) is 5.77. The van der Waals surface area contributed by atoms with Crippen molar-refractivity contribution in [2.75, 3.05) is 45.3 Å². The lowest BCUT2D eigenvalue weighted by Gasteiger charge is -2.23. The summed E-state index contributed by atoms with van der Waals surface area (Å²) in [7, 11) is 3.03. The van der Waals surface area contributed by atoms with E-state index in [1.807, 2.05) is 24.0 Å². The first-order valence-electron chi connectivity index (χ1n) is 9.05. The maximum absolute atomic E-state index is 12.9. The number of anilines is 1. The number of hydrogen-bond acceptors (Lipinski definition) is 8. The molecule has 1 saturated heterocycles. The Morgan fingerprint density at radius 2 is 1.83 bits per heavy atom. The second kappa shape index (κ2) is 10.8. The molecule has 0 atom stereocenters. The standard InChI is InChI=1S/C18H23N5O3.CH2O2/c1-13-5-7-15(21-20-13)22-9-4-10-23(12-11-22)18(24)14-6-8-16(25-2)19-17(14)26-3;2-1-3/h5-8H,4,9-12H2,1-3H3;1H,(H,2,3). The van der Waals surface area contributed by atoms with Gasteiger partial charge in [-0.1, -0.05) is 0 Å². The predicted octanol–water partition coefficient (Wildman–Crippen LogP) is 1.25. The molecular weight excluding hydrogens is 378 g/mol. The zero-order chi connectivity index (χ0) is 21.2. The fourth-order valence-electron chi connectivity index (χ4n) is 2.94. The molecule has 0 bridgehead atoms. The molecular formula is C19H25N5O5. The van der Waals surface area contributed by atoms with Crippen LogP contribution in [0.4, 0.5) is 5.82 Å². The summed E-state index contributed by atoms with van der Waals surface area (Å²) in [5, 5.41) is 15.3. The maximum Gasteiger partial charge on any atom is 0.290 e. The van der Waals surface area contributed by atoms with E-state index < -0.39 is 0 Å². The lowest BCUT2D eigenvalue weighted by atomic mass is 10.2. The van der Waals surface area contributed by atoms with E-state index >= 15 is 0 Å². The van der Waals surface area contributed by atoms with Crippen LogP contribution in [-0.2, 0) is 4.79 Å². The summed E-state index contributed by atoms with van der Waals surface area (Å²) in [4.78, 5) is 29.5. The van der Waals surface area contributed by atoms with Gasteiger partial charge in [0.15, 0.2) is 5.82 Å². The van der Waals surface area contributed by atoms with Gasteiger partial charge in [0.1, 0.15) is 5.56 Å². The Morgan fingerprint density at radius 3 is 2.45 bits per heavy atom. The van der Waals surface area contributed by atoms with Crippen molar-refractivity contribution < 1.29 is 24.2 Å². The molecule has 0 unspecified atom stereocenters. The van der Waals surface area contributed by atoms with Gasteiger partial charge in [0, 0.05) is 32.2 Å². The average Bonchev–Trinajstić information content (AvgIpc) is 3.00. The Labute approximate surface area is 169 Å². The zero-order valence-corrected chi connectivity index (χ0v) is 16.7. The first kappa shape index (κ1) is 21.9. The van der Waals surface area contributed by atoms with Crippen LogP contribution < -0.4 is 14.4 Å². The Kier molecular flexibility index (Phi) is 8.13. The molecule has 2 aromatic rings. The summed E-state index contributed by atoms with van der Waals surface area (Å²) in [6, 6.07) is 7.28.